The number of hydrogen-bond donors (Lipinski definition) is 1. The first-order chi connectivity index (χ1) is 8.12. The van der Waals surface area contributed by atoms with Gasteiger partial charge in [-0.25, -0.2) is 4.79 Å². The molecule has 0 saturated carbocycles. The van der Waals surface area contributed by atoms with Gasteiger partial charge < -0.3 is 15.0 Å². The highest BCUT2D eigenvalue weighted by molar-refractivity contribution is 5.89. The van der Waals surface area contributed by atoms with Crippen molar-refractivity contribution in [3.8, 4) is 0 Å². The molecular formula is C13H22N2O2. The van der Waals surface area contributed by atoms with Gasteiger partial charge in [-0.05, 0) is 18.9 Å². The van der Waals surface area contributed by atoms with Crippen molar-refractivity contribution in [3.63, 3.8) is 0 Å². The molecule has 1 aromatic heterocycles. The summed E-state index contributed by atoms with van der Waals surface area (Å²) in [6, 6.07) is 1.67. The molecule has 0 radical (unpaired) electrons. The third-order valence-electron chi connectivity index (χ3n) is 3.07. The van der Waals surface area contributed by atoms with Gasteiger partial charge >= 0.3 is 5.97 Å². The number of esters is 1. The maximum atomic E-state index is 11.9. The number of aryl methyl sites for hydroxylation is 1. The zero-order chi connectivity index (χ0) is 12.8. The Bertz CT molecular complexity index is 367. The Kier molecular flexibility index (Phi) is 5.07. The number of ether oxygens (including phenoxy) is 1. The molecule has 4 heteroatoms. The second-order valence-electron chi connectivity index (χ2n) is 4.23. The molecule has 0 unspecified atom stereocenters. The zero-order valence-corrected chi connectivity index (χ0v) is 10.9. The molecule has 17 heavy (non-hydrogen) atoms. The summed E-state index contributed by atoms with van der Waals surface area (Å²) in [5, 5.41) is 0. The molecule has 0 atom stereocenters. The number of hydrogen-bond acceptors (Lipinski definition) is 3. The number of rotatable bonds is 6. The van der Waals surface area contributed by atoms with Crippen molar-refractivity contribution in [2.75, 3.05) is 12.3 Å². The first-order valence-electron chi connectivity index (χ1n) is 6.25. The lowest BCUT2D eigenvalue weighted by molar-refractivity contribution is 0.0421. The van der Waals surface area contributed by atoms with Crippen LogP contribution < -0.4 is 5.73 Å². The molecule has 0 aliphatic carbocycles. The van der Waals surface area contributed by atoms with Gasteiger partial charge in [-0.3, -0.25) is 0 Å². The van der Waals surface area contributed by atoms with E-state index >= 15 is 0 Å². The summed E-state index contributed by atoms with van der Waals surface area (Å²) >= 11 is 0. The van der Waals surface area contributed by atoms with Crippen LogP contribution in [0.5, 0.6) is 0 Å². The monoisotopic (exact) mass is 238 g/mol. The van der Waals surface area contributed by atoms with Crippen LogP contribution in [0.15, 0.2) is 12.3 Å². The second-order valence-corrected chi connectivity index (χ2v) is 4.23. The van der Waals surface area contributed by atoms with E-state index in [1.54, 1.807) is 12.3 Å². The normalized spacial score (nSPS) is 10.8. The van der Waals surface area contributed by atoms with Crippen LogP contribution >= 0.6 is 0 Å². The van der Waals surface area contributed by atoms with Crippen LogP contribution in [0.4, 0.5) is 5.69 Å². The maximum Gasteiger partial charge on any atom is 0.355 e. The van der Waals surface area contributed by atoms with Gasteiger partial charge in [0.2, 0.25) is 0 Å². The van der Waals surface area contributed by atoms with Crippen molar-refractivity contribution in [3.05, 3.63) is 18.0 Å². The molecule has 96 valence electrons. The predicted octanol–water partition coefficient (Wildman–Crippen LogP) is 2.68. The number of aromatic nitrogens is 1. The van der Waals surface area contributed by atoms with Crippen molar-refractivity contribution < 1.29 is 9.53 Å². The van der Waals surface area contributed by atoms with E-state index in [0.717, 1.165) is 12.8 Å². The highest BCUT2D eigenvalue weighted by Gasteiger charge is 2.15. The quantitative estimate of drug-likeness (QED) is 0.775. The molecular weight excluding hydrogens is 216 g/mol. The largest absolute Gasteiger partial charge is 0.461 e. The van der Waals surface area contributed by atoms with Gasteiger partial charge in [0.05, 0.1) is 12.3 Å². The van der Waals surface area contributed by atoms with Crippen molar-refractivity contribution in [1.29, 1.82) is 0 Å². The number of nitrogen functional groups attached to an aromatic ring is 1. The zero-order valence-electron chi connectivity index (χ0n) is 10.9. The summed E-state index contributed by atoms with van der Waals surface area (Å²) in [5.74, 6) is 0.164. The fourth-order valence-electron chi connectivity index (χ4n) is 1.76. The smallest absolute Gasteiger partial charge is 0.355 e. The summed E-state index contributed by atoms with van der Waals surface area (Å²) in [4.78, 5) is 11.9. The highest BCUT2D eigenvalue weighted by atomic mass is 16.5. The van der Waals surface area contributed by atoms with Crippen LogP contribution in [0.2, 0.25) is 0 Å². The van der Waals surface area contributed by atoms with Gasteiger partial charge in [-0.1, -0.05) is 26.7 Å². The topological polar surface area (TPSA) is 57.2 Å². The van der Waals surface area contributed by atoms with E-state index in [0.29, 0.717) is 30.5 Å². The SMILES string of the molecule is CCC(CC)COC(=O)c1cc(N)cn1CC. The minimum atomic E-state index is -0.282. The maximum absolute atomic E-state index is 11.9. The molecule has 0 amide bonds. The van der Waals surface area contributed by atoms with Crippen LogP contribution in [-0.2, 0) is 11.3 Å². The Balaban J connectivity index is 2.63. The van der Waals surface area contributed by atoms with Crippen molar-refractivity contribution in [2.24, 2.45) is 5.92 Å². The van der Waals surface area contributed by atoms with E-state index in [1.165, 1.54) is 0 Å². The number of carbonyl (C=O) groups excluding carboxylic acids is 1. The molecule has 0 fully saturated rings. The van der Waals surface area contributed by atoms with E-state index in [2.05, 4.69) is 13.8 Å². The van der Waals surface area contributed by atoms with E-state index in [4.69, 9.17) is 10.5 Å². The van der Waals surface area contributed by atoms with Crippen molar-refractivity contribution >= 4 is 11.7 Å². The Morgan fingerprint density at radius 1 is 1.41 bits per heavy atom. The average molecular weight is 238 g/mol. The molecule has 0 aromatic carbocycles. The number of nitrogens with two attached hydrogens (primary N) is 1. The Hall–Kier alpha value is -1.45. The van der Waals surface area contributed by atoms with Gasteiger partial charge in [-0.15, -0.1) is 0 Å². The second kappa shape index (κ2) is 6.33. The van der Waals surface area contributed by atoms with Crippen molar-refractivity contribution in [1.82, 2.24) is 4.57 Å². The van der Waals surface area contributed by atoms with Crippen LogP contribution in [0.1, 0.15) is 44.1 Å². The third kappa shape index (κ3) is 3.51. The molecule has 1 aromatic rings. The fourth-order valence-corrected chi connectivity index (χ4v) is 1.76. The minimum Gasteiger partial charge on any atom is -0.461 e. The standard InChI is InChI=1S/C13H22N2O2/c1-4-10(5-2)9-17-13(16)12-7-11(14)8-15(12)6-3/h7-8,10H,4-6,9,14H2,1-3H3. The summed E-state index contributed by atoms with van der Waals surface area (Å²) < 4.78 is 7.12. The van der Waals surface area contributed by atoms with E-state index in [1.807, 2.05) is 11.5 Å². The van der Waals surface area contributed by atoms with Gasteiger partial charge in [0, 0.05) is 12.7 Å². The third-order valence-corrected chi connectivity index (χ3v) is 3.07. The highest BCUT2D eigenvalue weighted by Crippen LogP contribution is 2.14. The molecule has 0 aliphatic heterocycles. The molecule has 0 aliphatic rings. The number of nitrogens with zero attached hydrogens (tertiary/aromatic N) is 1. The lowest BCUT2D eigenvalue weighted by atomic mass is 10.1. The molecule has 0 bridgehead atoms. The fraction of sp³-hybridized carbons (Fsp3) is 0.615. The van der Waals surface area contributed by atoms with E-state index in [-0.39, 0.29) is 5.97 Å². The number of carbonyl (C=O) groups is 1. The summed E-state index contributed by atoms with van der Waals surface area (Å²) in [6.07, 6.45) is 3.81. The van der Waals surface area contributed by atoms with Crippen LogP contribution in [0, 0.1) is 5.92 Å². The molecule has 1 rings (SSSR count). The molecule has 2 N–H and O–H groups in total. The first-order valence-corrected chi connectivity index (χ1v) is 6.25. The summed E-state index contributed by atoms with van der Waals surface area (Å²) in [6.45, 7) is 7.38. The van der Waals surface area contributed by atoms with Crippen LogP contribution in [0.25, 0.3) is 0 Å². The molecule has 1 heterocycles. The van der Waals surface area contributed by atoms with Gasteiger partial charge in [0.25, 0.3) is 0 Å². The van der Waals surface area contributed by atoms with Gasteiger partial charge in [-0.2, -0.15) is 0 Å². The van der Waals surface area contributed by atoms with Crippen LogP contribution in [0.3, 0.4) is 0 Å². The summed E-state index contributed by atoms with van der Waals surface area (Å²) in [5.41, 5.74) is 6.81. The van der Waals surface area contributed by atoms with Gasteiger partial charge in [0.15, 0.2) is 0 Å². The molecule has 0 saturated heterocycles. The Morgan fingerprint density at radius 2 is 2.06 bits per heavy atom. The van der Waals surface area contributed by atoms with Gasteiger partial charge in [0.1, 0.15) is 5.69 Å². The minimum absolute atomic E-state index is 0.282. The Morgan fingerprint density at radius 3 is 2.59 bits per heavy atom. The predicted molar refractivity (Wildman–Crippen MR) is 68.9 cm³/mol. The first kappa shape index (κ1) is 13.6. The lowest BCUT2D eigenvalue weighted by Crippen LogP contribution is -2.16. The lowest BCUT2D eigenvalue weighted by Gasteiger charge is -2.13. The van der Waals surface area contributed by atoms with Crippen LogP contribution in [-0.4, -0.2) is 17.1 Å². The van der Waals surface area contributed by atoms with E-state index < -0.39 is 0 Å². The summed E-state index contributed by atoms with van der Waals surface area (Å²) in [7, 11) is 0. The average Bonchev–Trinajstić information content (AvgIpc) is 2.71. The Labute approximate surface area is 103 Å². The van der Waals surface area contributed by atoms with E-state index in [9.17, 15) is 4.79 Å². The molecule has 0 spiro atoms. The number of anilines is 1. The van der Waals surface area contributed by atoms with Crippen molar-refractivity contribution in [2.45, 2.75) is 40.2 Å². The molecule has 4 nitrogen and oxygen atoms in total.